The standard InChI is InChI=1S/C13H15N5/c1-2-10-9-4-7-14-8-11(9)18-13(17-10)12-15-5-3-6-16-12/h3,5-6,14H,2,4,7-8H2,1H3. The van der Waals surface area contributed by atoms with Crippen LogP contribution in [0.4, 0.5) is 0 Å². The largest absolute Gasteiger partial charge is 0.311 e. The first kappa shape index (κ1) is 11.2. The fourth-order valence-corrected chi connectivity index (χ4v) is 2.24. The first-order chi connectivity index (χ1) is 8.88. The summed E-state index contributed by atoms with van der Waals surface area (Å²) in [7, 11) is 0. The van der Waals surface area contributed by atoms with E-state index in [1.165, 1.54) is 5.56 Å². The Balaban J connectivity index is 2.12. The molecule has 0 radical (unpaired) electrons. The quantitative estimate of drug-likeness (QED) is 0.854. The molecule has 0 saturated heterocycles. The normalized spacial score (nSPS) is 14.3. The van der Waals surface area contributed by atoms with E-state index in [2.05, 4.69) is 32.2 Å². The summed E-state index contributed by atoms with van der Waals surface area (Å²) in [5.41, 5.74) is 3.52. The van der Waals surface area contributed by atoms with Crippen molar-refractivity contribution in [1.29, 1.82) is 0 Å². The van der Waals surface area contributed by atoms with Crippen molar-refractivity contribution in [3.8, 4) is 11.6 Å². The summed E-state index contributed by atoms with van der Waals surface area (Å²) < 4.78 is 0. The molecule has 0 aromatic carbocycles. The van der Waals surface area contributed by atoms with Gasteiger partial charge in [-0.25, -0.2) is 19.9 Å². The van der Waals surface area contributed by atoms with Crippen LogP contribution in [0.25, 0.3) is 11.6 Å². The molecule has 18 heavy (non-hydrogen) atoms. The van der Waals surface area contributed by atoms with E-state index in [0.717, 1.165) is 37.3 Å². The van der Waals surface area contributed by atoms with Gasteiger partial charge in [0.25, 0.3) is 0 Å². The molecule has 5 nitrogen and oxygen atoms in total. The van der Waals surface area contributed by atoms with Crippen molar-refractivity contribution < 1.29 is 0 Å². The van der Waals surface area contributed by atoms with Crippen LogP contribution >= 0.6 is 0 Å². The van der Waals surface area contributed by atoms with Crippen LogP contribution in [-0.2, 0) is 19.4 Å². The van der Waals surface area contributed by atoms with Crippen molar-refractivity contribution in [3.05, 3.63) is 35.4 Å². The van der Waals surface area contributed by atoms with Gasteiger partial charge in [0.2, 0.25) is 0 Å². The maximum Gasteiger partial charge on any atom is 0.198 e. The summed E-state index contributed by atoms with van der Waals surface area (Å²) in [5.74, 6) is 1.23. The van der Waals surface area contributed by atoms with Gasteiger partial charge < -0.3 is 5.32 Å². The van der Waals surface area contributed by atoms with Crippen LogP contribution in [-0.4, -0.2) is 26.5 Å². The average molecular weight is 241 g/mol. The molecule has 2 aromatic rings. The van der Waals surface area contributed by atoms with Crippen LogP contribution in [0.3, 0.4) is 0 Å². The molecule has 1 N–H and O–H groups in total. The lowest BCUT2D eigenvalue weighted by Crippen LogP contribution is -2.26. The molecular weight excluding hydrogens is 226 g/mol. The third-order valence-corrected chi connectivity index (χ3v) is 3.12. The number of fused-ring (bicyclic) bond motifs is 1. The molecule has 92 valence electrons. The van der Waals surface area contributed by atoms with E-state index in [1.807, 2.05) is 0 Å². The van der Waals surface area contributed by atoms with E-state index in [9.17, 15) is 0 Å². The maximum absolute atomic E-state index is 4.61. The fraction of sp³-hybridized carbons (Fsp3) is 0.385. The van der Waals surface area contributed by atoms with Crippen molar-refractivity contribution in [2.24, 2.45) is 0 Å². The molecule has 1 aliphatic rings. The summed E-state index contributed by atoms with van der Waals surface area (Å²) in [6, 6.07) is 1.80. The predicted molar refractivity (Wildman–Crippen MR) is 67.8 cm³/mol. The minimum Gasteiger partial charge on any atom is -0.311 e. The predicted octanol–water partition coefficient (Wildman–Crippen LogP) is 1.14. The van der Waals surface area contributed by atoms with Crippen molar-refractivity contribution >= 4 is 0 Å². The van der Waals surface area contributed by atoms with Crippen LogP contribution < -0.4 is 5.32 Å². The van der Waals surface area contributed by atoms with Crippen LogP contribution in [0.5, 0.6) is 0 Å². The lowest BCUT2D eigenvalue weighted by Gasteiger charge is -2.19. The Labute approximate surface area is 106 Å². The monoisotopic (exact) mass is 241 g/mol. The maximum atomic E-state index is 4.61. The zero-order valence-corrected chi connectivity index (χ0v) is 10.3. The van der Waals surface area contributed by atoms with Gasteiger partial charge in [-0.15, -0.1) is 0 Å². The Kier molecular flexibility index (Phi) is 2.98. The molecule has 0 amide bonds. The van der Waals surface area contributed by atoms with Gasteiger partial charge in [0.1, 0.15) is 0 Å². The van der Waals surface area contributed by atoms with E-state index >= 15 is 0 Å². The van der Waals surface area contributed by atoms with Gasteiger partial charge in [-0.2, -0.15) is 0 Å². The number of nitrogens with zero attached hydrogens (tertiary/aromatic N) is 4. The smallest absolute Gasteiger partial charge is 0.198 e. The topological polar surface area (TPSA) is 63.6 Å². The van der Waals surface area contributed by atoms with Gasteiger partial charge in [0.05, 0.1) is 5.69 Å². The SMILES string of the molecule is CCc1nc(-c2ncccn2)nc2c1CCNC2. The lowest BCUT2D eigenvalue weighted by atomic mass is 10.0. The Hall–Kier alpha value is -1.88. The number of hydrogen-bond acceptors (Lipinski definition) is 5. The van der Waals surface area contributed by atoms with E-state index in [4.69, 9.17) is 0 Å². The summed E-state index contributed by atoms with van der Waals surface area (Å²) in [6.45, 7) is 3.94. The van der Waals surface area contributed by atoms with Crippen molar-refractivity contribution in [2.75, 3.05) is 6.54 Å². The van der Waals surface area contributed by atoms with E-state index in [-0.39, 0.29) is 0 Å². The minimum absolute atomic E-state index is 0.598. The highest BCUT2D eigenvalue weighted by molar-refractivity contribution is 5.45. The Morgan fingerprint density at radius 1 is 1.17 bits per heavy atom. The molecule has 3 rings (SSSR count). The van der Waals surface area contributed by atoms with Gasteiger partial charge in [0.15, 0.2) is 11.6 Å². The van der Waals surface area contributed by atoms with E-state index in [1.54, 1.807) is 18.5 Å². The zero-order valence-electron chi connectivity index (χ0n) is 10.3. The molecule has 0 unspecified atom stereocenters. The molecule has 2 aromatic heterocycles. The summed E-state index contributed by atoms with van der Waals surface area (Å²) in [4.78, 5) is 17.6. The van der Waals surface area contributed by atoms with Crippen molar-refractivity contribution in [2.45, 2.75) is 26.3 Å². The van der Waals surface area contributed by atoms with Gasteiger partial charge in [-0.3, -0.25) is 0 Å². The minimum atomic E-state index is 0.598. The van der Waals surface area contributed by atoms with Gasteiger partial charge >= 0.3 is 0 Å². The Bertz CT molecular complexity index is 536. The van der Waals surface area contributed by atoms with Crippen molar-refractivity contribution in [1.82, 2.24) is 25.3 Å². The first-order valence-corrected chi connectivity index (χ1v) is 6.25. The summed E-state index contributed by atoms with van der Waals surface area (Å²) >= 11 is 0. The second kappa shape index (κ2) is 4.78. The highest BCUT2D eigenvalue weighted by atomic mass is 15.0. The van der Waals surface area contributed by atoms with E-state index < -0.39 is 0 Å². The summed E-state index contributed by atoms with van der Waals surface area (Å²) in [5, 5.41) is 3.34. The third-order valence-electron chi connectivity index (χ3n) is 3.12. The van der Waals surface area contributed by atoms with Gasteiger partial charge in [0, 0.05) is 24.6 Å². The molecule has 0 aliphatic carbocycles. The van der Waals surface area contributed by atoms with E-state index in [0.29, 0.717) is 11.6 Å². The number of hydrogen-bond donors (Lipinski definition) is 1. The number of rotatable bonds is 2. The summed E-state index contributed by atoms with van der Waals surface area (Å²) in [6.07, 6.45) is 5.36. The highest BCUT2D eigenvalue weighted by Crippen LogP contribution is 2.19. The lowest BCUT2D eigenvalue weighted by molar-refractivity contribution is 0.616. The fourth-order valence-electron chi connectivity index (χ4n) is 2.24. The second-order valence-electron chi connectivity index (χ2n) is 4.27. The molecule has 0 saturated carbocycles. The number of nitrogens with one attached hydrogen (secondary N) is 1. The first-order valence-electron chi connectivity index (χ1n) is 6.25. The van der Waals surface area contributed by atoms with Gasteiger partial charge in [-0.05, 0) is 31.0 Å². The molecule has 3 heterocycles. The average Bonchev–Trinajstić information content (AvgIpc) is 2.47. The van der Waals surface area contributed by atoms with Crippen LogP contribution in [0, 0.1) is 0 Å². The molecule has 5 heteroatoms. The van der Waals surface area contributed by atoms with Crippen LogP contribution in [0.2, 0.25) is 0 Å². The Morgan fingerprint density at radius 3 is 2.78 bits per heavy atom. The molecule has 0 atom stereocenters. The molecule has 1 aliphatic heterocycles. The number of aryl methyl sites for hydroxylation is 1. The third kappa shape index (κ3) is 1.97. The number of aromatic nitrogens is 4. The molecule has 0 fully saturated rings. The second-order valence-corrected chi connectivity index (χ2v) is 4.27. The molecular formula is C13H15N5. The van der Waals surface area contributed by atoms with Crippen molar-refractivity contribution in [3.63, 3.8) is 0 Å². The van der Waals surface area contributed by atoms with Crippen LogP contribution in [0.15, 0.2) is 18.5 Å². The van der Waals surface area contributed by atoms with Crippen LogP contribution in [0.1, 0.15) is 23.9 Å². The zero-order chi connectivity index (χ0) is 12.4. The molecule has 0 spiro atoms. The highest BCUT2D eigenvalue weighted by Gasteiger charge is 2.17. The Morgan fingerprint density at radius 2 is 2.00 bits per heavy atom. The molecule has 0 bridgehead atoms. The van der Waals surface area contributed by atoms with Gasteiger partial charge in [-0.1, -0.05) is 6.92 Å².